The Morgan fingerprint density at radius 3 is 3.06 bits per heavy atom. The zero-order valence-corrected chi connectivity index (χ0v) is 12.4. The lowest BCUT2D eigenvalue weighted by molar-refractivity contribution is 0.0850. The molecule has 2 rings (SSSR count). The molecule has 5 heteroatoms. The Kier molecular flexibility index (Phi) is 4.56. The molecule has 0 radical (unpaired) electrons. The first-order valence-corrected chi connectivity index (χ1v) is 7.26. The first-order chi connectivity index (χ1) is 8.59. The van der Waals surface area contributed by atoms with Gasteiger partial charge < -0.3 is 4.74 Å². The number of halogens is 1. The number of hydrogen-bond donors (Lipinski definition) is 0. The maximum atomic E-state index is 12.3. The summed E-state index contributed by atoms with van der Waals surface area (Å²) in [7, 11) is 0. The normalized spacial score (nSPS) is 19.7. The van der Waals surface area contributed by atoms with Crippen LogP contribution in [0.3, 0.4) is 0 Å². The molecule has 1 aromatic rings. The quantitative estimate of drug-likeness (QED) is 0.783. The number of rotatable bonds is 5. The van der Waals surface area contributed by atoms with Crippen molar-refractivity contribution < 1.29 is 9.53 Å². The summed E-state index contributed by atoms with van der Waals surface area (Å²) in [4.78, 5) is 12.3. The molecule has 0 saturated carbocycles. The molecule has 2 heterocycles. The molecule has 1 aliphatic rings. The molecule has 0 amide bonds. The van der Waals surface area contributed by atoms with E-state index in [0.29, 0.717) is 12.1 Å². The molecule has 18 heavy (non-hydrogen) atoms. The van der Waals surface area contributed by atoms with E-state index in [1.54, 1.807) is 10.9 Å². The Hall–Kier alpha value is -0.680. The molecular weight excluding hydrogens is 296 g/mol. The lowest BCUT2D eigenvalue weighted by atomic mass is 10.1. The van der Waals surface area contributed by atoms with Crippen molar-refractivity contribution in [3.63, 3.8) is 0 Å². The number of Topliss-reactive ketones (excluding diaryl/α,β-unsaturated/α-hetero) is 1. The van der Waals surface area contributed by atoms with E-state index in [4.69, 9.17) is 4.74 Å². The summed E-state index contributed by atoms with van der Waals surface area (Å²) in [6.45, 7) is 4.89. The van der Waals surface area contributed by atoms with Gasteiger partial charge in [0.2, 0.25) is 0 Å². The molecule has 0 aliphatic carbocycles. The van der Waals surface area contributed by atoms with Crippen LogP contribution in [0.2, 0.25) is 0 Å². The highest BCUT2D eigenvalue weighted by Gasteiger charge is 2.21. The third kappa shape index (κ3) is 3.01. The van der Waals surface area contributed by atoms with Crippen molar-refractivity contribution >= 4 is 21.7 Å². The van der Waals surface area contributed by atoms with Crippen LogP contribution >= 0.6 is 15.9 Å². The average molecular weight is 315 g/mol. The van der Waals surface area contributed by atoms with Crippen LogP contribution in [0.4, 0.5) is 0 Å². The Labute approximate surface area is 116 Å². The number of hydrogen-bond acceptors (Lipinski definition) is 3. The molecule has 1 aromatic heterocycles. The van der Waals surface area contributed by atoms with Crippen LogP contribution in [0.5, 0.6) is 0 Å². The molecule has 0 N–H and O–H groups in total. The first-order valence-electron chi connectivity index (χ1n) is 6.47. The van der Waals surface area contributed by atoms with Crippen LogP contribution in [-0.2, 0) is 4.74 Å². The van der Waals surface area contributed by atoms with Gasteiger partial charge in [-0.15, -0.1) is 0 Å². The van der Waals surface area contributed by atoms with Gasteiger partial charge in [-0.3, -0.25) is 9.48 Å². The van der Waals surface area contributed by atoms with Crippen LogP contribution in [0.15, 0.2) is 10.7 Å². The summed E-state index contributed by atoms with van der Waals surface area (Å²) >= 11 is 3.40. The van der Waals surface area contributed by atoms with Gasteiger partial charge in [0.05, 0.1) is 16.8 Å². The second-order valence-corrected chi connectivity index (χ2v) is 5.83. The summed E-state index contributed by atoms with van der Waals surface area (Å²) in [5.74, 6) is 0.142. The van der Waals surface area contributed by atoms with Crippen molar-refractivity contribution in [2.45, 2.75) is 51.7 Å². The summed E-state index contributed by atoms with van der Waals surface area (Å²) < 4.78 is 8.11. The minimum atomic E-state index is 0.142. The van der Waals surface area contributed by atoms with Gasteiger partial charge in [-0.2, -0.15) is 5.10 Å². The van der Waals surface area contributed by atoms with Crippen LogP contribution < -0.4 is 0 Å². The predicted molar refractivity (Wildman–Crippen MR) is 72.9 cm³/mol. The second-order valence-electron chi connectivity index (χ2n) is 4.98. The fraction of sp³-hybridized carbons (Fsp3) is 0.692. The average Bonchev–Trinajstić information content (AvgIpc) is 2.94. The van der Waals surface area contributed by atoms with Gasteiger partial charge in [0, 0.05) is 19.1 Å². The van der Waals surface area contributed by atoms with Crippen molar-refractivity contribution in [2.75, 3.05) is 6.61 Å². The smallest absolute Gasteiger partial charge is 0.182 e. The number of carbonyl (C=O) groups excluding carboxylic acids is 1. The zero-order valence-electron chi connectivity index (χ0n) is 10.9. The van der Waals surface area contributed by atoms with Crippen LogP contribution in [0, 0.1) is 0 Å². The molecule has 4 nitrogen and oxygen atoms in total. The van der Waals surface area contributed by atoms with Gasteiger partial charge in [-0.1, -0.05) is 0 Å². The van der Waals surface area contributed by atoms with E-state index >= 15 is 0 Å². The standard InChI is InChI=1S/C13H19BrN2O2/c1-9(2)16-13(11(14)8-15-16)12(17)6-5-10-4-3-7-18-10/h8-10H,3-7H2,1-2H3. The van der Waals surface area contributed by atoms with Crippen LogP contribution in [0.1, 0.15) is 56.1 Å². The lowest BCUT2D eigenvalue weighted by Gasteiger charge is -2.12. The number of aromatic nitrogens is 2. The first kappa shape index (κ1) is 13.7. The number of ketones is 1. The van der Waals surface area contributed by atoms with Crippen molar-refractivity contribution in [3.8, 4) is 0 Å². The molecule has 1 saturated heterocycles. The molecule has 1 atom stereocenters. The molecule has 0 spiro atoms. The third-order valence-electron chi connectivity index (χ3n) is 3.22. The molecule has 0 aromatic carbocycles. The van der Waals surface area contributed by atoms with Gasteiger partial charge in [-0.05, 0) is 49.0 Å². The van der Waals surface area contributed by atoms with E-state index in [0.717, 1.165) is 30.3 Å². The summed E-state index contributed by atoms with van der Waals surface area (Å²) in [6, 6.07) is 0.193. The summed E-state index contributed by atoms with van der Waals surface area (Å²) in [5.41, 5.74) is 0.683. The highest BCUT2D eigenvalue weighted by Crippen LogP contribution is 2.23. The van der Waals surface area contributed by atoms with Gasteiger partial charge in [0.25, 0.3) is 0 Å². The van der Waals surface area contributed by atoms with Gasteiger partial charge in [0.15, 0.2) is 5.78 Å². The Morgan fingerprint density at radius 2 is 2.44 bits per heavy atom. The molecular formula is C13H19BrN2O2. The fourth-order valence-corrected chi connectivity index (χ4v) is 2.77. The minimum Gasteiger partial charge on any atom is -0.378 e. The SMILES string of the molecule is CC(C)n1ncc(Br)c1C(=O)CCC1CCCO1. The van der Waals surface area contributed by atoms with E-state index in [1.165, 1.54) is 0 Å². The second kappa shape index (κ2) is 5.97. The summed E-state index contributed by atoms with van der Waals surface area (Å²) in [6.07, 6.45) is 5.50. The molecule has 0 bridgehead atoms. The molecule has 1 aliphatic heterocycles. The van der Waals surface area contributed by atoms with Gasteiger partial charge >= 0.3 is 0 Å². The highest BCUT2D eigenvalue weighted by atomic mass is 79.9. The monoisotopic (exact) mass is 314 g/mol. The number of nitrogens with zero attached hydrogens (tertiary/aromatic N) is 2. The third-order valence-corrected chi connectivity index (χ3v) is 3.80. The number of ether oxygens (including phenoxy) is 1. The molecule has 1 fully saturated rings. The Balaban J connectivity index is 2.01. The lowest BCUT2D eigenvalue weighted by Crippen LogP contribution is -2.15. The highest BCUT2D eigenvalue weighted by molar-refractivity contribution is 9.10. The van der Waals surface area contributed by atoms with E-state index < -0.39 is 0 Å². The predicted octanol–water partition coefficient (Wildman–Crippen LogP) is 3.37. The fourth-order valence-electron chi connectivity index (χ4n) is 2.28. The van der Waals surface area contributed by atoms with Crippen molar-refractivity contribution in [2.24, 2.45) is 0 Å². The molecule has 100 valence electrons. The number of carbonyl (C=O) groups is 1. The van der Waals surface area contributed by atoms with E-state index in [9.17, 15) is 4.79 Å². The van der Waals surface area contributed by atoms with Crippen molar-refractivity contribution in [1.82, 2.24) is 9.78 Å². The van der Waals surface area contributed by atoms with E-state index in [-0.39, 0.29) is 17.9 Å². The Bertz CT molecular complexity index is 423. The van der Waals surface area contributed by atoms with Crippen molar-refractivity contribution in [3.05, 3.63) is 16.4 Å². The van der Waals surface area contributed by atoms with Gasteiger partial charge in [0.1, 0.15) is 5.69 Å². The minimum absolute atomic E-state index is 0.142. The largest absolute Gasteiger partial charge is 0.378 e. The van der Waals surface area contributed by atoms with Crippen LogP contribution in [0.25, 0.3) is 0 Å². The topological polar surface area (TPSA) is 44.1 Å². The van der Waals surface area contributed by atoms with E-state index in [1.807, 2.05) is 13.8 Å². The van der Waals surface area contributed by atoms with E-state index in [2.05, 4.69) is 21.0 Å². The maximum Gasteiger partial charge on any atom is 0.182 e. The van der Waals surface area contributed by atoms with Crippen molar-refractivity contribution in [1.29, 1.82) is 0 Å². The Morgan fingerprint density at radius 1 is 1.67 bits per heavy atom. The van der Waals surface area contributed by atoms with Gasteiger partial charge in [-0.25, -0.2) is 0 Å². The maximum absolute atomic E-state index is 12.3. The zero-order chi connectivity index (χ0) is 13.1. The molecule has 1 unspecified atom stereocenters. The summed E-state index contributed by atoms with van der Waals surface area (Å²) in [5, 5.41) is 4.23. The van der Waals surface area contributed by atoms with Crippen LogP contribution in [-0.4, -0.2) is 28.3 Å².